The van der Waals surface area contributed by atoms with Crippen LogP contribution in [0, 0.1) is 11.8 Å². The highest BCUT2D eigenvalue weighted by Gasteiger charge is 2.33. The Kier molecular flexibility index (Phi) is 2.37. The molecule has 3 saturated heterocycles. The van der Waals surface area contributed by atoms with E-state index in [1.165, 1.54) is 39.0 Å². The highest BCUT2D eigenvalue weighted by atomic mass is 15.2. The molecule has 3 fully saturated rings. The van der Waals surface area contributed by atoms with Crippen LogP contribution in [0.15, 0.2) is 0 Å². The summed E-state index contributed by atoms with van der Waals surface area (Å²) >= 11 is 0. The fourth-order valence-electron chi connectivity index (χ4n) is 2.76. The second-order valence-electron chi connectivity index (χ2n) is 4.66. The summed E-state index contributed by atoms with van der Waals surface area (Å²) in [5.41, 5.74) is 0. The highest BCUT2D eigenvalue weighted by molar-refractivity contribution is 4.87. The Labute approximate surface area is 75.5 Å². The SMILES string of the molecule is CN(C)CC1CN2CCC1CC2. The van der Waals surface area contributed by atoms with Gasteiger partial charge in [-0.1, -0.05) is 0 Å². The van der Waals surface area contributed by atoms with Crippen LogP contribution in [-0.4, -0.2) is 50.1 Å². The van der Waals surface area contributed by atoms with Crippen molar-refractivity contribution < 1.29 is 0 Å². The van der Waals surface area contributed by atoms with Crippen LogP contribution in [0.1, 0.15) is 12.8 Å². The zero-order valence-electron chi connectivity index (χ0n) is 8.29. The van der Waals surface area contributed by atoms with E-state index in [1.54, 1.807) is 0 Å². The topological polar surface area (TPSA) is 6.48 Å². The number of nitrogens with zero attached hydrogens (tertiary/aromatic N) is 2. The van der Waals surface area contributed by atoms with Gasteiger partial charge in [-0.3, -0.25) is 0 Å². The summed E-state index contributed by atoms with van der Waals surface area (Å²) in [5.74, 6) is 2.00. The van der Waals surface area contributed by atoms with Crippen molar-refractivity contribution in [2.24, 2.45) is 11.8 Å². The van der Waals surface area contributed by atoms with Crippen LogP contribution in [0.3, 0.4) is 0 Å². The molecular formula is C10H20N2. The summed E-state index contributed by atoms with van der Waals surface area (Å²) in [7, 11) is 4.38. The summed E-state index contributed by atoms with van der Waals surface area (Å²) < 4.78 is 0. The van der Waals surface area contributed by atoms with Gasteiger partial charge in [-0.05, 0) is 51.9 Å². The van der Waals surface area contributed by atoms with E-state index in [0.29, 0.717) is 0 Å². The quantitative estimate of drug-likeness (QED) is 0.604. The van der Waals surface area contributed by atoms with Gasteiger partial charge in [0, 0.05) is 13.1 Å². The molecule has 3 aliphatic heterocycles. The zero-order chi connectivity index (χ0) is 8.55. The van der Waals surface area contributed by atoms with Crippen LogP contribution < -0.4 is 0 Å². The van der Waals surface area contributed by atoms with Gasteiger partial charge in [0.1, 0.15) is 0 Å². The van der Waals surface area contributed by atoms with Gasteiger partial charge < -0.3 is 9.80 Å². The van der Waals surface area contributed by atoms with Crippen LogP contribution in [0.5, 0.6) is 0 Å². The lowest BCUT2D eigenvalue weighted by Crippen LogP contribution is -2.50. The molecule has 12 heavy (non-hydrogen) atoms. The van der Waals surface area contributed by atoms with Gasteiger partial charge in [0.05, 0.1) is 0 Å². The molecule has 3 rings (SSSR count). The Morgan fingerprint density at radius 1 is 1.25 bits per heavy atom. The maximum absolute atomic E-state index is 2.63. The molecule has 70 valence electrons. The molecule has 0 spiro atoms. The Morgan fingerprint density at radius 2 is 1.92 bits per heavy atom. The second kappa shape index (κ2) is 3.35. The van der Waals surface area contributed by atoms with Gasteiger partial charge in [0.2, 0.25) is 0 Å². The minimum atomic E-state index is 0.961. The molecule has 2 heteroatoms. The monoisotopic (exact) mass is 168 g/mol. The molecule has 0 aliphatic carbocycles. The van der Waals surface area contributed by atoms with Crippen molar-refractivity contribution in [1.82, 2.24) is 9.80 Å². The predicted octanol–water partition coefficient (Wildman–Crippen LogP) is 0.890. The fourth-order valence-corrected chi connectivity index (χ4v) is 2.76. The summed E-state index contributed by atoms with van der Waals surface area (Å²) in [6.45, 7) is 5.40. The summed E-state index contributed by atoms with van der Waals surface area (Å²) in [6.07, 6.45) is 2.91. The van der Waals surface area contributed by atoms with Crippen LogP contribution in [0.2, 0.25) is 0 Å². The molecule has 1 unspecified atom stereocenters. The van der Waals surface area contributed by atoms with Gasteiger partial charge in [0.25, 0.3) is 0 Å². The molecule has 0 saturated carbocycles. The van der Waals surface area contributed by atoms with E-state index in [9.17, 15) is 0 Å². The first-order valence-electron chi connectivity index (χ1n) is 5.13. The molecule has 2 nitrogen and oxygen atoms in total. The van der Waals surface area contributed by atoms with Crippen molar-refractivity contribution in [3.63, 3.8) is 0 Å². The number of hydrogen-bond donors (Lipinski definition) is 0. The Balaban J connectivity index is 1.91. The minimum absolute atomic E-state index is 0.961. The van der Waals surface area contributed by atoms with Crippen LogP contribution >= 0.6 is 0 Å². The van der Waals surface area contributed by atoms with Gasteiger partial charge in [-0.15, -0.1) is 0 Å². The predicted molar refractivity (Wildman–Crippen MR) is 51.2 cm³/mol. The van der Waals surface area contributed by atoms with Crippen molar-refractivity contribution in [2.45, 2.75) is 12.8 Å². The van der Waals surface area contributed by atoms with E-state index < -0.39 is 0 Å². The van der Waals surface area contributed by atoms with Gasteiger partial charge in [-0.2, -0.15) is 0 Å². The lowest BCUT2D eigenvalue weighted by atomic mass is 9.79. The lowest BCUT2D eigenvalue weighted by molar-refractivity contribution is 0.0380. The van der Waals surface area contributed by atoms with Crippen molar-refractivity contribution >= 4 is 0 Å². The van der Waals surface area contributed by atoms with E-state index in [4.69, 9.17) is 0 Å². The smallest absolute Gasteiger partial charge is 0.00246 e. The number of piperidine rings is 3. The van der Waals surface area contributed by atoms with E-state index in [2.05, 4.69) is 23.9 Å². The third-order valence-electron chi connectivity index (χ3n) is 3.39. The Hall–Kier alpha value is -0.0800. The maximum Gasteiger partial charge on any atom is 0.00246 e. The van der Waals surface area contributed by atoms with Crippen molar-refractivity contribution in [3.8, 4) is 0 Å². The first-order valence-corrected chi connectivity index (χ1v) is 5.13. The summed E-state index contributed by atoms with van der Waals surface area (Å²) in [5, 5.41) is 0. The molecule has 0 amide bonds. The van der Waals surface area contributed by atoms with Crippen LogP contribution in [-0.2, 0) is 0 Å². The number of rotatable bonds is 2. The fraction of sp³-hybridized carbons (Fsp3) is 1.00. The molecule has 2 bridgehead atoms. The molecule has 3 aliphatic rings. The molecule has 0 N–H and O–H groups in total. The molecular weight excluding hydrogens is 148 g/mol. The number of hydrogen-bond acceptors (Lipinski definition) is 2. The third-order valence-corrected chi connectivity index (χ3v) is 3.39. The van der Waals surface area contributed by atoms with Gasteiger partial charge in [0.15, 0.2) is 0 Å². The maximum atomic E-state index is 2.63. The van der Waals surface area contributed by atoms with Crippen LogP contribution in [0.25, 0.3) is 0 Å². The summed E-state index contributed by atoms with van der Waals surface area (Å²) in [4.78, 5) is 4.97. The van der Waals surface area contributed by atoms with E-state index in [-0.39, 0.29) is 0 Å². The van der Waals surface area contributed by atoms with Crippen molar-refractivity contribution in [2.75, 3.05) is 40.3 Å². The third kappa shape index (κ3) is 1.64. The first kappa shape index (κ1) is 8.52. The second-order valence-corrected chi connectivity index (χ2v) is 4.66. The molecule has 1 atom stereocenters. The largest absolute Gasteiger partial charge is 0.309 e. The molecule has 3 heterocycles. The van der Waals surface area contributed by atoms with Crippen molar-refractivity contribution in [1.29, 1.82) is 0 Å². The standard InChI is InChI=1S/C10H20N2/c1-11(2)7-10-8-12-5-3-9(10)4-6-12/h9-10H,3-8H2,1-2H3. The average Bonchev–Trinajstić information content (AvgIpc) is 2.05. The molecule has 0 aromatic rings. The van der Waals surface area contributed by atoms with Gasteiger partial charge >= 0.3 is 0 Å². The molecule has 0 aromatic carbocycles. The lowest BCUT2D eigenvalue weighted by Gasteiger charge is -2.45. The van der Waals surface area contributed by atoms with Crippen LogP contribution in [0.4, 0.5) is 0 Å². The highest BCUT2D eigenvalue weighted by Crippen LogP contribution is 2.32. The first-order chi connectivity index (χ1) is 5.75. The molecule has 0 radical (unpaired) electrons. The van der Waals surface area contributed by atoms with Crippen molar-refractivity contribution in [3.05, 3.63) is 0 Å². The Bertz CT molecular complexity index is 146. The van der Waals surface area contributed by atoms with Gasteiger partial charge in [-0.25, -0.2) is 0 Å². The number of fused-ring (bicyclic) bond motifs is 3. The van der Waals surface area contributed by atoms with E-state index in [1.807, 2.05) is 0 Å². The normalized spacial score (nSPS) is 40.8. The zero-order valence-corrected chi connectivity index (χ0v) is 8.29. The summed E-state index contributed by atoms with van der Waals surface area (Å²) in [6, 6.07) is 0. The molecule has 0 aromatic heterocycles. The Morgan fingerprint density at radius 3 is 2.33 bits per heavy atom. The van der Waals surface area contributed by atoms with E-state index in [0.717, 1.165) is 11.8 Å². The minimum Gasteiger partial charge on any atom is -0.309 e. The van der Waals surface area contributed by atoms with E-state index >= 15 is 0 Å². The average molecular weight is 168 g/mol.